The molecular weight excluding hydrogens is 178 g/mol. The Morgan fingerprint density at radius 3 is 2.93 bits per heavy atom. The van der Waals surface area contributed by atoms with Crippen molar-refractivity contribution in [2.45, 2.75) is 31.8 Å². The van der Waals surface area contributed by atoms with E-state index >= 15 is 0 Å². The van der Waals surface area contributed by atoms with Gasteiger partial charge in [-0.2, -0.15) is 0 Å². The summed E-state index contributed by atoms with van der Waals surface area (Å²) in [6, 6.07) is 1.09. The fraction of sp³-hybridized carbons (Fsp3) is 0.889. The van der Waals surface area contributed by atoms with Gasteiger partial charge in [-0.05, 0) is 26.3 Å². The number of fused-ring (bicyclic) bond motifs is 1. The predicted octanol–water partition coefficient (Wildman–Crippen LogP) is -0.657. The van der Waals surface area contributed by atoms with Crippen LogP contribution in [0.25, 0.3) is 0 Å². The SMILES string of the molecule is CC1CN2CCCC2CN1C(N)=NN. The standard InChI is InChI=1S/C9H19N5/c1-7-5-13-4-2-3-8(13)6-14(7)9(10)12-11/h7-8H,2-6,11H2,1H3,(H2,10,12). The minimum atomic E-state index is 0.427. The highest BCUT2D eigenvalue weighted by Crippen LogP contribution is 2.24. The van der Waals surface area contributed by atoms with E-state index in [1.54, 1.807) is 0 Å². The summed E-state index contributed by atoms with van der Waals surface area (Å²) < 4.78 is 0. The summed E-state index contributed by atoms with van der Waals surface area (Å²) in [5, 5.41) is 3.58. The second-order valence-electron chi connectivity index (χ2n) is 4.28. The van der Waals surface area contributed by atoms with Crippen LogP contribution in [0.3, 0.4) is 0 Å². The van der Waals surface area contributed by atoms with Crippen LogP contribution in [0.1, 0.15) is 19.8 Å². The summed E-state index contributed by atoms with van der Waals surface area (Å²) in [4.78, 5) is 4.66. The second kappa shape index (κ2) is 3.65. The van der Waals surface area contributed by atoms with E-state index in [2.05, 4.69) is 21.8 Å². The van der Waals surface area contributed by atoms with Gasteiger partial charge in [0.05, 0.1) is 0 Å². The fourth-order valence-corrected chi connectivity index (χ4v) is 2.58. The van der Waals surface area contributed by atoms with E-state index in [-0.39, 0.29) is 0 Å². The van der Waals surface area contributed by atoms with Gasteiger partial charge in [-0.3, -0.25) is 4.90 Å². The van der Waals surface area contributed by atoms with Gasteiger partial charge in [0.1, 0.15) is 0 Å². The van der Waals surface area contributed by atoms with E-state index in [1.165, 1.54) is 19.4 Å². The van der Waals surface area contributed by atoms with Crippen molar-refractivity contribution < 1.29 is 0 Å². The molecule has 0 spiro atoms. The number of hydrogen-bond acceptors (Lipinski definition) is 3. The second-order valence-corrected chi connectivity index (χ2v) is 4.28. The largest absolute Gasteiger partial charge is 0.368 e. The Labute approximate surface area is 84.7 Å². The first-order valence-electron chi connectivity index (χ1n) is 5.26. The van der Waals surface area contributed by atoms with Gasteiger partial charge >= 0.3 is 0 Å². The average Bonchev–Trinajstić information content (AvgIpc) is 2.62. The summed E-state index contributed by atoms with van der Waals surface area (Å²) >= 11 is 0. The van der Waals surface area contributed by atoms with Crippen molar-refractivity contribution in [2.75, 3.05) is 19.6 Å². The fourth-order valence-electron chi connectivity index (χ4n) is 2.58. The Morgan fingerprint density at radius 2 is 2.21 bits per heavy atom. The molecule has 2 unspecified atom stereocenters. The van der Waals surface area contributed by atoms with E-state index in [1.807, 2.05) is 0 Å². The lowest BCUT2D eigenvalue weighted by Gasteiger charge is -2.42. The number of piperazine rings is 1. The van der Waals surface area contributed by atoms with Crippen LogP contribution in [0.15, 0.2) is 5.10 Å². The molecule has 0 amide bonds. The first-order chi connectivity index (χ1) is 6.72. The maximum absolute atomic E-state index is 5.75. The maximum atomic E-state index is 5.75. The molecule has 0 aromatic carbocycles. The van der Waals surface area contributed by atoms with E-state index in [9.17, 15) is 0 Å². The zero-order valence-electron chi connectivity index (χ0n) is 8.69. The van der Waals surface area contributed by atoms with Gasteiger partial charge in [0, 0.05) is 25.2 Å². The van der Waals surface area contributed by atoms with Gasteiger partial charge in [0.2, 0.25) is 5.96 Å². The molecule has 0 aromatic rings. The van der Waals surface area contributed by atoms with E-state index in [0.29, 0.717) is 18.0 Å². The number of nitrogens with zero attached hydrogens (tertiary/aromatic N) is 3. The molecule has 0 saturated carbocycles. The van der Waals surface area contributed by atoms with Crippen LogP contribution in [-0.2, 0) is 0 Å². The molecule has 4 N–H and O–H groups in total. The van der Waals surface area contributed by atoms with Crippen LogP contribution in [-0.4, -0.2) is 47.5 Å². The summed E-state index contributed by atoms with van der Waals surface area (Å²) in [5.41, 5.74) is 5.75. The smallest absolute Gasteiger partial charge is 0.213 e. The minimum Gasteiger partial charge on any atom is -0.368 e. The Morgan fingerprint density at radius 1 is 1.43 bits per heavy atom. The highest BCUT2D eigenvalue weighted by atomic mass is 15.4. The topological polar surface area (TPSA) is 70.9 Å². The van der Waals surface area contributed by atoms with E-state index in [0.717, 1.165) is 13.1 Å². The van der Waals surface area contributed by atoms with Crippen molar-refractivity contribution >= 4 is 5.96 Å². The van der Waals surface area contributed by atoms with Gasteiger partial charge in [-0.1, -0.05) is 0 Å². The molecule has 2 fully saturated rings. The van der Waals surface area contributed by atoms with Crippen LogP contribution in [0.5, 0.6) is 0 Å². The van der Waals surface area contributed by atoms with Crippen molar-refractivity contribution in [3.8, 4) is 0 Å². The Balaban J connectivity index is 2.06. The van der Waals surface area contributed by atoms with Crippen molar-refractivity contribution in [1.29, 1.82) is 0 Å². The summed E-state index contributed by atoms with van der Waals surface area (Å²) in [6.45, 7) is 5.48. The van der Waals surface area contributed by atoms with Crippen LogP contribution in [0.4, 0.5) is 0 Å². The number of hydrazone groups is 1. The Hall–Kier alpha value is -0.970. The number of nitrogens with two attached hydrogens (primary N) is 2. The van der Waals surface area contributed by atoms with Crippen molar-refractivity contribution in [1.82, 2.24) is 9.80 Å². The van der Waals surface area contributed by atoms with Crippen molar-refractivity contribution in [3.63, 3.8) is 0 Å². The lowest BCUT2D eigenvalue weighted by Crippen LogP contribution is -2.58. The first kappa shape index (κ1) is 9.58. The molecule has 0 radical (unpaired) electrons. The molecule has 5 nitrogen and oxygen atoms in total. The third-order valence-electron chi connectivity index (χ3n) is 3.36. The first-order valence-corrected chi connectivity index (χ1v) is 5.26. The molecule has 14 heavy (non-hydrogen) atoms. The van der Waals surface area contributed by atoms with E-state index < -0.39 is 0 Å². The van der Waals surface area contributed by atoms with Crippen LogP contribution < -0.4 is 11.6 Å². The summed E-state index contributed by atoms with van der Waals surface area (Å²) in [7, 11) is 0. The molecule has 2 heterocycles. The molecule has 2 aliphatic rings. The lowest BCUT2D eigenvalue weighted by molar-refractivity contribution is 0.108. The van der Waals surface area contributed by atoms with E-state index in [4.69, 9.17) is 11.6 Å². The molecule has 0 bridgehead atoms. The maximum Gasteiger partial charge on any atom is 0.213 e. The predicted molar refractivity (Wildman–Crippen MR) is 56.6 cm³/mol. The minimum absolute atomic E-state index is 0.427. The molecule has 2 saturated heterocycles. The third-order valence-corrected chi connectivity index (χ3v) is 3.36. The highest BCUT2D eigenvalue weighted by Gasteiger charge is 2.34. The number of rotatable bonds is 0. The molecular formula is C9H19N5. The molecule has 2 atom stereocenters. The van der Waals surface area contributed by atoms with Gasteiger partial charge in [0.15, 0.2) is 0 Å². The third kappa shape index (κ3) is 1.52. The van der Waals surface area contributed by atoms with Gasteiger partial charge in [-0.25, -0.2) is 0 Å². The molecule has 0 aliphatic carbocycles. The Kier molecular flexibility index (Phi) is 2.50. The molecule has 2 rings (SSSR count). The number of guanidine groups is 1. The van der Waals surface area contributed by atoms with Gasteiger partial charge in [-0.15, -0.1) is 5.10 Å². The van der Waals surface area contributed by atoms with Gasteiger partial charge < -0.3 is 16.5 Å². The quantitative estimate of drug-likeness (QED) is 0.234. The molecule has 80 valence electrons. The van der Waals surface area contributed by atoms with Crippen molar-refractivity contribution in [3.05, 3.63) is 0 Å². The Bertz CT molecular complexity index is 239. The van der Waals surface area contributed by atoms with Crippen LogP contribution in [0.2, 0.25) is 0 Å². The van der Waals surface area contributed by atoms with Gasteiger partial charge in [0.25, 0.3) is 0 Å². The molecule has 2 aliphatic heterocycles. The van der Waals surface area contributed by atoms with Crippen molar-refractivity contribution in [2.24, 2.45) is 16.7 Å². The highest BCUT2D eigenvalue weighted by molar-refractivity contribution is 5.78. The summed E-state index contributed by atoms with van der Waals surface area (Å²) in [5.74, 6) is 5.69. The zero-order valence-corrected chi connectivity index (χ0v) is 8.69. The zero-order chi connectivity index (χ0) is 10.1. The lowest BCUT2D eigenvalue weighted by atomic mass is 10.1. The normalized spacial score (nSPS) is 34.6. The monoisotopic (exact) mass is 197 g/mol. The average molecular weight is 197 g/mol. The van der Waals surface area contributed by atoms with Crippen LogP contribution >= 0.6 is 0 Å². The van der Waals surface area contributed by atoms with Crippen LogP contribution in [0, 0.1) is 0 Å². The summed E-state index contributed by atoms with van der Waals surface area (Å²) in [6.07, 6.45) is 2.59. The molecule has 5 heteroatoms. The number of hydrogen-bond donors (Lipinski definition) is 2. The molecule has 0 aromatic heterocycles.